The maximum atomic E-state index is 13.2. The van der Waals surface area contributed by atoms with Gasteiger partial charge >= 0.3 is 0 Å². The minimum absolute atomic E-state index is 0.277. The Morgan fingerprint density at radius 3 is 2.77 bits per heavy atom. The zero-order valence-corrected chi connectivity index (χ0v) is 16.1. The highest BCUT2D eigenvalue weighted by Crippen LogP contribution is 2.27. The summed E-state index contributed by atoms with van der Waals surface area (Å²) in [5, 5.41) is 3.38. The van der Waals surface area contributed by atoms with Gasteiger partial charge in [0.25, 0.3) is 0 Å². The molecule has 3 rings (SSSR count). The molecule has 2 aromatic rings. The molecule has 1 aromatic heterocycles. The molecule has 0 amide bonds. The van der Waals surface area contributed by atoms with E-state index in [-0.39, 0.29) is 11.9 Å². The van der Waals surface area contributed by atoms with Crippen molar-refractivity contribution in [2.24, 2.45) is 0 Å². The van der Waals surface area contributed by atoms with E-state index in [4.69, 9.17) is 16.3 Å². The molecule has 1 fully saturated rings. The average molecular weight is 398 g/mol. The Labute approximate surface area is 161 Å². The van der Waals surface area contributed by atoms with Crippen molar-refractivity contribution >= 4 is 34.9 Å². The Hall–Kier alpha value is -1.54. The van der Waals surface area contributed by atoms with E-state index in [0.29, 0.717) is 18.2 Å². The van der Waals surface area contributed by atoms with Gasteiger partial charge in [-0.1, -0.05) is 11.6 Å². The van der Waals surface area contributed by atoms with Gasteiger partial charge < -0.3 is 14.4 Å². The van der Waals surface area contributed by atoms with E-state index in [1.54, 1.807) is 17.4 Å². The second-order valence-corrected chi connectivity index (χ2v) is 7.66. The van der Waals surface area contributed by atoms with Crippen molar-refractivity contribution in [3.8, 4) is 0 Å². The predicted octanol–water partition coefficient (Wildman–Crippen LogP) is 3.15. The van der Waals surface area contributed by atoms with Gasteiger partial charge in [0.15, 0.2) is 0 Å². The Morgan fingerprint density at radius 2 is 2.15 bits per heavy atom. The molecule has 0 aliphatic carbocycles. The number of carbonyl (C=O) groups is 1. The summed E-state index contributed by atoms with van der Waals surface area (Å²) < 4.78 is 18.9. The van der Waals surface area contributed by atoms with Crippen LogP contribution in [0.4, 0.5) is 10.1 Å². The van der Waals surface area contributed by atoms with Crippen molar-refractivity contribution in [1.29, 1.82) is 0 Å². The third kappa shape index (κ3) is 4.79. The molecule has 8 heteroatoms. The van der Waals surface area contributed by atoms with Gasteiger partial charge in [0, 0.05) is 31.6 Å². The Bertz CT molecular complexity index is 750. The van der Waals surface area contributed by atoms with Crippen LogP contribution in [0.25, 0.3) is 0 Å². The van der Waals surface area contributed by atoms with Crippen molar-refractivity contribution in [3.63, 3.8) is 0 Å². The lowest BCUT2D eigenvalue weighted by Gasteiger charge is -2.38. The number of aldehydes is 1. The van der Waals surface area contributed by atoms with Gasteiger partial charge in [-0.15, -0.1) is 11.3 Å². The van der Waals surface area contributed by atoms with Crippen LogP contribution in [-0.4, -0.2) is 55.0 Å². The number of aromatic nitrogens is 1. The lowest BCUT2D eigenvalue weighted by atomic mass is 10.2. The molecule has 1 aromatic carbocycles. The molecule has 0 bridgehead atoms. The van der Waals surface area contributed by atoms with Gasteiger partial charge in [-0.25, -0.2) is 9.37 Å². The Balaban J connectivity index is 1.49. The molecule has 2 heterocycles. The first-order valence-corrected chi connectivity index (χ1v) is 9.70. The van der Waals surface area contributed by atoms with Crippen LogP contribution in [0.3, 0.4) is 0 Å². The van der Waals surface area contributed by atoms with Crippen molar-refractivity contribution in [1.82, 2.24) is 9.88 Å². The SMILES string of the molecule is Cc1nc(COCC(C=O)N2CCN(c3ccc(F)cc3Cl)CC2)cs1. The van der Waals surface area contributed by atoms with Crippen LogP contribution in [0.15, 0.2) is 23.6 Å². The third-order valence-electron chi connectivity index (χ3n) is 4.40. The van der Waals surface area contributed by atoms with E-state index in [1.165, 1.54) is 12.1 Å². The summed E-state index contributed by atoms with van der Waals surface area (Å²) in [5.41, 5.74) is 1.72. The minimum atomic E-state index is -0.342. The molecule has 1 atom stereocenters. The smallest absolute Gasteiger partial charge is 0.139 e. The van der Waals surface area contributed by atoms with Gasteiger partial charge in [0.05, 0.1) is 40.7 Å². The largest absolute Gasteiger partial charge is 0.373 e. The lowest BCUT2D eigenvalue weighted by molar-refractivity contribution is -0.115. The number of hydrogen-bond acceptors (Lipinski definition) is 6. The topological polar surface area (TPSA) is 45.7 Å². The van der Waals surface area contributed by atoms with Gasteiger partial charge in [-0.3, -0.25) is 4.90 Å². The molecule has 140 valence electrons. The lowest BCUT2D eigenvalue weighted by Crippen LogP contribution is -2.52. The second kappa shape index (κ2) is 8.90. The number of hydrogen-bond donors (Lipinski definition) is 0. The monoisotopic (exact) mass is 397 g/mol. The fourth-order valence-corrected chi connectivity index (χ4v) is 3.91. The van der Waals surface area contributed by atoms with Crippen LogP contribution in [0.5, 0.6) is 0 Å². The number of carbonyl (C=O) groups excluding carboxylic acids is 1. The average Bonchev–Trinajstić information content (AvgIpc) is 3.04. The summed E-state index contributed by atoms with van der Waals surface area (Å²) in [5.74, 6) is -0.342. The van der Waals surface area contributed by atoms with Crippen LogP contribution in [0.1, 0.15) is 10.7 Å². The first-order chi connectivity index (χ1) is 12.6. The summed E-state index contributed by atoms with van der Waals surface area (Å²) in [6, 6.07) is 4.16. The minimum Gasteiger partial charge on any atom is -0.373 e. The molecule has 1 aliphatic heterocycles. The van der Waals surface area contributed by atoms with E-state index in [9.17, 15) is 9.18 Å². The predicted molar refractivity (Wildman–Crippen MR) is 102 cm³/mol. The summed E-state index contributed by atoms with van der Waals surface area (Å²) in [6.07, 6.45) is 0.937. The summed E-state index contributed by atoms with van der Waals surface area (Å²) in [6.45, 7) is 5.60. The molecule has 5 nitrogen and oxygen atoms in total. The molecule has 0 spiro atoms. The maximum Gasteiger partial charge on any atom is 0.139 e. The molecule has 1 unspecified atom stereocenters. The number of piperazine rings is 1. The molecule has 0 N–H and O–H groups in total. The maximum absolute atomic E-state index is 13.2. The van der Waals surface area contributed by atoms with Gasteiger partial charge in [-0.05, 0) is 25.1 Å². The van der Waals surface area contributed by atoms with Crippen molar-refractivity contribution in [2.75, 3.05) is 37.7 Å². The van der Waals surface area contributed by atoms with E-state index < -0.39 is 0 Å². The van der Waals surface area contributed by atoms with E-state index >= 15 is 0 Å². The molecule has 1 saturated heterocycles. The first kappa shape index (κ1) is 19.2. The van der Waals surface area contributed by atoms with E-state index in [1.807, 2.05) is 12.3 Å². The summed E-state index contributed by atoms with van der Waals surface area (Å²) >= 11 is 7.73. The molecule has 1 aliphatic rings. The van der Waals surface area contributed by atoms with E-state index in [2.05, 4.69) is 14.8 Å². The van der Waals surface area contributed by atoms with Crippen LogP contribution < -0.4 is 4.90 Å². The number of halogens is 2. The van der Waals surface area contributed by atoms with Crippen LogP contribution in [0.2, 0.25) is 5.02 Å². The number of aryl methyl sites for hydroxylation is 1. The van der Waals surface area contributed by atoms with Crippen molar-refractivity contribution in [2.45, 2.75) is 19.6 Å². The fraction of sp³-hybridized carbons (Fsp3) is 0.444. The van der Waals surface area contributed by atoms with Crippen molar-refractivity contribution in [3.05, 3.63) is 45.1 Å². The second-order valence-electron chi connectivity index (χ2n) is 6.20. The number of ether oxygens (including phenoxy) is 1. The van der Waals surface area contributed by atoms with Crippen LogP contribution in [0, 0.1) is 12.7 Å². The zero-order valence-electron chi connectivity index (χ0n) is 14.5. The summed E-state index contributed by atoms with van der Waals surface area (Å²) in [4.78, 5) is 20.0. The highest BCUT2D eigenvalue weighted by molar-refractivity contribution is 7.09. The number of anilines is 1. The molecule has 0 radical (unpaired) electrons. The quantitative estimate of drug-likeness (QED) is 0.671. The Kier molecular flexibility index (Phi) is 6.58. The number of nitrogens with zero attached hydrogens (tertiary/aromatic N) is 3. The normalized spacial score (nSPS) is 16.7. The Morgan fingerprint density at radius 1 is 1.38 bits per heavy atom. The zero-order chi connectivity index (χ0) is 18.5. The highest BCUT2D eigenvalue weighted by Gasteiger charge is 2.25. The van der Waals surface area contributed by atoms with Gasteiger partial charge in [0.1, 0.15) is 12.1 Å². The van der Waals surface area contributed by atoms with Crippen LogP contribution in [-0.2, 0) is 16.1 Å². The highest BCUT2D eigenvalue weighted by atomic mass is 35.5. The van der Waals surface area contributed by atoms with Crippen LogP contribution >= 0.6 is 22.9 Å². The third-order valence-corrected chi connectivity index (χ3v) is 5.52. The standard InChI is InChI=1S/C18H21ClFN3O2S/c1-13-21-15(12-26-13)10-25-11-16(9-24)22-4-6-23(7-5-22)18-3-2-14(20)8-17(18)19/h2-3,8-9,12,16H,4-7,10-11H2,1H3. The number of thiazole rings is 1. The van der Waals surface area contributed by atoms with Gasteiger partial charge in [-0.2, -0.15) is 0 Å². The fourth-order valence-electron chi connectivity index (χ4n) is 3.02. The van der Waals surface area contributed by atoms with E-state index in [0.717, 1.165) is 48.9 Å². The number of benzene rings is 1. The molecular weight excluding hydrogens is 377 g/mol. The molecular formula is C18H21ClFN3O2S. The summed E-state index contributed by atoms with van der Waals surface area (Å²) in [7, 11) is 0. The molecule has 26 heavy (non-hydrogen) atoms. The van der Waals surface area contributed by atoms with Crippen molar-refractivity contribution < 1.29 is 13.9 Å². The first-order valence-electron chi connectivity index (χ1n) is 8.45. The molecule has 0 saturated carbocycles. The van der Waals surface area contributed by atoms with Gasteiger partial charge in [0.2, 0.25) is 0 Å². The number of rotatable bonds is 7.